The number of ether oxygens (including phenoxy) is 1. The van der Waals surface area contributed by atoms with Gasteiger partial charge in [-0.2, -0.15) is 0 Å². The van der Waals surface area contributed by atoms with Gasteiger partial charge < -0.3 is 14.7 Å². The lowest BCUT2D eigenvalue weighted by atomic mass is 10.1. The molecule has 3 fully saturated rings. The lowest BCUT2D eigenvalue weighted by Gasteiger charge is -2.33. The quantitative estimate of drug-likeness (QED) is 0.752. The van der Waals surface area contributed by atoms with Crippen molar-refractivity contribution in [3.05, 3.63) is 0 Å². The fraction of sp³-hybridized carbons (Fsp3) is 0.933. The number of hydrogen-bond donors (Lipinski definition) is 1. The first-order valence-electron chi connectivity index (χ1n) is 8.24. The van der Waals surface area contributed by atoms with Crippen LogP contribution in [-0.2, 0) is 9.53 Å². The van der Waals surface area contributed by atoms with E-state index in [9.17, 15) is 9.90 Å². The number of amides is 1. The molecule has 3 saturated heterocycles. The van der Waals surface area contributed by atoms with Crippen LogP contribution in [0, 0.1) is 0 Å². The van der Waals surface area contributed by atoms with E-state index < -0.39 is 6.10 Å². The third-order valence-corrected chi connectivity index (χ3v) is 4.93. The zero-order valence-electron chi connectivity index (χ0n) is 12.7. The Morgan fingerprint density at radius 3 is 2.48 bits per heavy atom. The number of morpholine rings is 1. The van der Waals surface area contributed by atoms with Gasteiger partial charge in [-0.3, -0.25) is 14.6 Å². The number of rotatable bonds is 3. The normalized spacial score (nSPS) is 32.5. The predicted octanol–water partition coefficient (Wildman–Crippen LogP) is -0.624. The van der Waals surface area contributed by atoms with Gasteiger partial charge in [0.2, 0.25) is 5.91 Å². The van der Waals surface area contributed by atoms with Gasteiger partial charge in [-0.15, -0.1) is 0 Å². The Hall–Kier alpha value is -0.690. The first-order valence-corrected chi connectivity index (χ1v) is 8.24. The molecule has 120 valence electrons. The summed E-state index contributed by atoms with van der Waals surface area (Å²) < 4.78 is 5.36. The number of aliphatic hydroxyl groups is 1. The number of carbonyl (C=O) groups excluding carboxylic acids is 1. The molecule has 0 bridgehead atoms. The maximum absolute atomic E-state index is 12.4. The van der Waals surface area contributed by atoms with E-state index in [0.717, 1.165) is 39.4 Å². The Kier molecular flexibility index (Phi) is 5.11. The van der Waals surface area contributed by atoms with E-state index in [1.807, 2.05) is 4.90 Å². The number of hydrogen-bond acceptors (Lipinski definition) is 5. The van der Waals surface area contributed by atoms with Crippen molar-refractivity contribution in [2.75, 3.05) is 59.0 Å². The molecule has 6 heteroatoms. The number of likely N-dealkylation sites (tertiary alicyclic amines) is 2. The van der Waals surface area contributed by atoms with E-state index >= 15 is 0 Å². The molecule has 0 aromatic rings. The molecule has 6 nitrogen and oxygen atoms in total. The summed E-state index contributed by atoms with van der Waals surface area (Å²) >= 11 is 0. The van der Waals surface area contributed by atoms with Crippen molar-refractivity contribution in [1.29, 1.82) is 0 Å². The summed E-state index contributed by atoms with van der Waals surface area (Å²) in [7, 11) is 0. The minimum absolute atomic E-state index is 0.0826. The standard InChI is InChI=1S/C15H27N3O3/c19-14-11-18(10-13(14)17-6-8-21-9-7-17)15(20)12-16-4-2-1-3-5-16/h13-14,19H,1-12H2/t13-,14-/m1/s1. The summed E-state index contributed by atoms with van der Waals surface area (Å²) in [5.41, 5.74) is 0. The smallest absolute Gasteiger partial charge is 0.236 e. The lowest BCUT2D eigenvalue weighted by molar-refractivity contribution is -0.132. The lowest BCUT2D eigenvalue weighted by Crippen LogP contribution is -2.49. The molecule has 0 unspecified atom stereocenters. The average molecular weight is 297 g/mol. The maximum Gasteiger partial charge on any atom is 0.236 e. The van der Waals surface area contributed by atoms with Gasteiger partial charge in [0, 0.05) is 26.2 Å². The van der Waals surface area contributed by atoms with Crippen LogP contribution < -0.4 is 0 Å². The van der Waals surface area contributed by atoms with Gasteiger partial charge in [0.15, 0.2) is 0 Å². The van der Waals surface area contributed by atoms with Gasteiger partial charge in [0.25, 0.3) is 0 Å². The van der Waals surface area contributed by atoms with Gasteiger partial charge in [-0.05, 0) is 25.9 Å². The summed E-state index contributed by atoms with van der Waals surface area (Å²) in [6.45, 7) is 6.90. The molecule has 0 aromatic heterocycles. The maximum atomic E-state index is 12.4. The highest BCUT2D eigenvalue weighted by Gasteiger charge is 2.38. The summed E-state index contributed by atoms with van der Waals surface area (Å²) in [6, 6.07) is 0.0826. The minimum atomic E-state index is -0.423. The van der Waals surface area contributed by atoms with Crippen molar-refractivity contribution in [1.82, 2.24) is 14.7 Å². The molecule has 0 aliphatic carbocycles. The molecule has 3 rings (SSSR count). The summed E-state index contributed by atoms with van der Waals surface area (Å²) in [5.74, 6) is 0.173. The number of β-amino-alcohol motifs (C(OH)–C–C–N with tert-alkyl or cyclic N) is 1. The van der Waals surface area contributed by atoms with E-state index in [1.165, 1.54) is 19.3 Å². The molecule has 3 aliphatic heterocycles. The van der Waals surface area contributed by atoms with E-state index in [0.29, 0.717) is 19.6 Å². The Labute approximate surface area is 126 Å². The molecule has 0 radical (unpaired) electrons. The zero-order chi connectivity index (χ0) is 14.7. The van der Waals surface area contributed by atoms with Crippen molar-refractivity contribution in [3.8, 4) is 0 Å². The Morgan fingerprint density at radius 1 is 1.05 bits per heavy atom. The first kappa shape index (κ1) is 15.2. The fourth-order valence-electron chi connectivity index (χ4n) is 3.65. The van der Waals surface area contributed by atoms with Crippen LogP contribution in [0.5, 0.6) is 0 Å². The molecule has 0 saturated carbocycles. The van der Waals surface area contributed by atoms with Crippen molar-refractivity contribution < 1.29 is 14.6 Å². The summed E-state index contributed by atoms with van der Waals surface area (Å²) in [5, 5.41) is 10.3. The van der Waals surface area contributed by atoms with Crippen molar-refractivity contribution in [2.24, 2.45) is 0 Å². The van der Waals surface area contributed by atoms with Crippen molar-refractivity contribution in [3.63, 3.8) is 0 Å². The minimum Gasteiger partial charge on any atom is -0.390 e. The van der Waals surface area contributed by atoms with Crippen molar-refractivity contribution in [2.45, 2.75) is 31.4 Å². The molecule has 0 aromatic carbocycles. The molecule has 3 aliphatic rings. The van der Waals surface area contributed by atoms with Gasteiger partial charge in [0.05, 0.1) is 31.9 Å². The Morgan fingerprint density at radius 2 is 1.76 bits per heavy atom. The van der Waals surface area contributed by atoms with E-state index in [-0.39, 0.29) is 11.9 Å². The van der Waals surface area contributed by atoms with Gasteiger partial charge in [0.1, 0.15) is 0 Å². The second-order valence-corrected chi connectivity index (χ2v) is 6.42. The SMILES string of the molecule is O=C(CN1CCCCC1)N1C[C@@H](O)[C@H](N2CCOCC2)C1. The van der Waals surface area contributed by atoms with Crippen LogP contribution in [0.4, 0.5) is 0 Å². The second kappa shape index (κ2) is 7.05. The molecule has 1 N–H and O–H groups in total. The largest absolute Gasteiger partial charge is 0.390 e. The number of piperidine rings is 1. The van der Waals surface area contributed by atoms with E-state index in [1.54, 1.807) is 0 Å². The third kappa shape index (κ3) is 3.74. The Balaban J connectivity index is 1.50. The van der Waals surface area contributed by atoms with Crippen LogP contribution >= 0.6 is 0 Å². The monoisotopic (exact) mass is 297 g/mol. The number of nitrogens with zero attached hydrogens (tertiary/aromatic N) is 3. The van der Waals surface area contributed by atoms with Crippen LogP contribution in [0.15, 0.2) is 0 Å². The van der Waals surface area contributed by atoms with E-state index in [4.69, 9.17) is 4.74 Å². The number of aliphatic hydroxyl groups excluding tert-OH is 1. The first-order chi connectivity index (χ1) is 10.2. The molecule has 3 heterocycles. The van der Waals surface area contributed by atoms with Gasteiger partial charge in [-0.25, -0.2) is 0 Å². The highest BCUT2D eigenvalue weighted by Crippen LogP contribution is 2.18. The highest BCUT2D eigenvalue weighted by atomic mass is 16.5. The molecular weight excluding hydrogens is 270 g/mol. The van der Waals surface area contributed by atoms with Crippen LogP contribution in [0.3, 0.4) is 0 Å². The van der Waals surface area contributed by atoms with Gasteiger partial charge >= 0.3 is 0 Å². The van der Waals surface area contributed by atoms with E-state index in [2.05, 4.69) is 9.80 Å². The zero-order valence-corrected chi connectivity index (χ0v) is 12.7. The second-order valence-electron chi connectivity index (χ2n) is 6.42. The van der Waals surface area contributed by atoms with Crippen LogP contribution in [-0.4, -0.2) is 96.9 Å². The van der Waals surface area contributed by atoms with Crippen molar-refractivity contribution >= 4 is 5.91 Å². The molecule has 1 amide bonds. The molecule has 21 heavy (non-hydrogen) atoms. The number of carbonyl (C=O) groups is 1. The molecule has 2 atom stereocenters. The molecule has 0 spiro atoms. The van der Waals surface area contributed by atoms with Crippen LogP contribution in [0.1, 0.15) is 19.3 Å². The topological polar surface area (TPSA) is 56.2 Å². The average Bonchev–Trinajstić information content (AvgIpc) is 2.91. The summed E-state index contributed by atoms with van der Waals surface area (Å²) in [6.07, 6.45) is 3.26. The third-order valence-electron chi connectivity index (χ3n) is 4.93. The molecular formula is C15H27N3O3. The van der Waals surface area contributed by atoms with Crippen LogP contribution in [0.2, 0.25) is 0 Å². The van der Waals surface area contributed by atoms with Crippen LogP contribution in [0.25, 0.3) is 0 Å². The van der Waals surface area contributed by atoms with Gasteiger partial charge in [-0.1, -0.05) is 6.42 Å². The fourth-order valence-corrected chi connectivity index (χ4v) is 3.65. The highest BCUT2D eigenvalue weighted by molar-refractivity contribution is 5.78. The Bertz CT molecular complexity index is 354. The summed E-state index contributed by atoms with van der Waals surface area (Å²) in [4.78, 5) is 18.8. The predicted molar refractivity (Wildman–Crippen MR) is 79.1 cm³/mol.